The average molecular weight is 363 g/mol. The molecule has 27 heavy (non-hydrogen) atoms. The first-order chi connectivity index (χ1) is 12.4. The lowest BCUT2D eigenvalue weighted by Crippen LogP contribution is -1.88. The molecule has 0 heterocycles. The van der Waals surface area contributed by atoms with Crippen molar-refractivity contribution in [1.29, 1.82) is 0 Å². The third kappa shape index (κ3) is 11.1. The van der Waals surface area contributed by atoms with E-state index in [4.69, 9.17) is 0 Å². The van der Waals surface area contributed by atoms with E-state index < -0.39 is 0 Å². The van der Waals surface area contributed by atoms with Gasteiger partial charge in [0.2, 0.25) is 0 Å². The maximum absolute atomic E-state index is 2.20. The molecule has 0 fully saturated rings. The topological polar surface area (TPSA) is 0 Å². The molecule has 0 saturated carbocycles. The Bertz CT molecular complexity index is 652. The minimum Gasteiger partial charge on any atom is -0.0776 e. The largest absolute Gasteiger partial charge is 0.0776 e. The smallest absolute Gasteiger partial charge is 0.00258 e. The number of hydrogen-bond donors (Lipinski definition) is 0. The molecule has 146 valence electrons. The highest BCUT2D eigenvalue weighted by Gasteiger charge is 1.95. The Morgan fingerprint density at radius 3 is 0.852 bits per heavy atom. The molecule has 0 radical (unpaired) electrons. The van der Waals surface area contributed by atoms with Crippen molar-refractivity contribution in [2.24, 2.45) is 0 Å². The van der Waals surface area contributed by atoms with Gasteiger partial charge in [-0.05, 0) is 45.2 Å². The molecular formula is C27H38. The Balaban J connectivity index is 0.000000478. The Hall–Kier alpha value is -2.34. The minimum absolute atomic E-state index is 0. The van der Waals surface area contributed by atoms with Crippen molar-refractivity contribution in [2.45, 2.75) is 61.8 Å². The van der Waals surface area contributed by atoms with Crippen molar-refractivity contribution in [3.63, 3.8) is 0 Å². The van der Waals surface area contributed by atoms with E-state index in [0.717, 1.165) is 6.42 Å². The van der Waals surface area contributed by atoms with Crippen LogP contribution in [-0.2, 0) is 6.42 Å². The molecule has 0 atom stereocenters. The molecule has 0 unspecified atom stereocenters. The first-order valence-corrected chi connectivity index (χ1v) is 9.59. The second kappa shape index (κ2) is 13.8. The van der Waals surface area contributed by atoms with Crippen LogP contribution in [0.5, 0.6) is 0 Å². The molecule has 0 amide bonds. The first-order valence-electron chi connectivity index (χ1n) is 9.59. The summed E-state index contributed by atoms with van der Waals surface area (Å²) < 4.78 is 0. The summed E-state index contributed by atoms with van der Waals surface area (Å²) in [6.45, 7) is 12.7. The highest BCUT2D eigenvalue weighted by Crippen LogP contribution is 2.11. The Labute approximate surface area is 168 Å². The molecule has 0 aliphatic heterocycles. The molecule has 0 spiro atoms. The summed E-state index contributed by atoms with van der Waals surface area (Å²) in [6, 6.07) is 26.0. The summed E-state index contributed by atoms with van der Waals surface area (Å²) in [6.07, 6.45) is 2.28. The minimum atomic E-state index is 0. The number of benzene rings is 3. The average Bonchev–Trinajstić information content (AvgIpc) is 2.63. The molecule has 0 N–H and O–H groups in total. The summed E-state index contributed by atoms with van der Waals surface area (Å²) in [5.74, 6) is 0. The van der Waals surface area contributed by atoms with Crippen molar-refractivity contribution in [1.82, 2.24) is 0 Å². The van der Waals surface area contributed by atoms with E-state index in [0.29, 0.717) is 0 Å². The standard InChI is InChI=1S/C15H16.C8H10.C3H8.CH4/c1-12-3-7-14(8-4-12)11-15-9-5-13(2)6-10-15;1-7-3-5-8(2)6-4-7;1-3-2;/h3-10H,11H2,1-2H3;3-6H,1-2H3;3H2,1-2H3;1H4. The lowest BCUT2D eigenvalue weighted by molar-refractivity contribution is 1.09. The Morgan fingerprint density at radius 1 is 0.444 bits per heavy atom. The second-order valence-corrected chi connectivity index (χ2v) is 7.01. The van der Waals surface area contributed by atoms with Crippen molar-refractivity contribution in [3.05, 3.63) is 106 Å². The van der Waals surface area contributed by atoms with Gasteiger partial charge >= 0.3 is 0 Å². The van der Waals surface area contributed by atoms with Crippen LogP contribution < -0.4 is 0 Å². The van der Waals surface area contributed by atoms with Crippen LogP contribution in [0.2, 0.25) is 0 Å². The van der Waals surface area contributed by atoms with Gasteiger partial charge in [0.05, 0.1) is 0 Å². The zero-order valence-electron chi connectivity index (χ0n) is 17.3. The predicted molar refractivity (Wildman–Crippen MR) is 124 cm³/mol. The Kier molecular flexibility index (Phi) is 12.6. The summed E-state index contributed by atoms with van der Waals surface area (Å²) in [4.78, 5) is 0. The fourth-order valence-corrected chi connectivity index (χ4v) is 2.28. The third-order valence-electron chi connectivity index (χ3n) is 3.87. The van der Waals surface area contributed by atoms with Gasteiger partial charge in [-0.3, -0.25) is 0 Å². The van der Waals surface area contributed by atoms with E-state index in [2.05, 4.69) is 114 Å². The molecule has 0 aliphatic carbocycles. The molecular weight excluding hydrogens is 324 g/mol. The van der Waals surface area contributed by atoms with Crippen LogP contribution in [0.25, 0.3) is 0 Å². The third-order valence-corrected chi connectivity index (χ3v) is 3.87. The maximum atomic E-state index is 2.20. The van der Waals surface area contributed by atoms with Gasteiger partial charge in [0, 0.05) is 0 Å². The van der Waals surface area contributed by atoms with Gasteiger partial charge in [-0.1, -0.05) is 123 Å². The van der Waals surface area contributed by atoms with Gasteiger partial charge in [0.1, 0.15) is 0 Å². The Morgan fingerprint density at radius 2 is 0.630 bits per heavy atom. The van der Waals surface area contributed by atoms with Crippen LogP contribution in [0.1, 0.15) is 61.1 Å². The van der Waals surface area contributed by atoms with Crippen LogP contribution in [-0.4, -0.2) is 0 Å². The molecule has 0 aromatic heterocycles. The van der Waals surface area contributed by atoms with Gasteiger partial charge in [-0.15, -0.1) is 0 Å². The van der Waals surface area contributed by atoms with Crippen LogP contribution in [0.15, 0.2) is 72.8 Å². The second-order valence-electron chi connectivity index (χ2n) is 7.01. The van der Waals surface area contributed by atoms with Crippen LogP contribution in [0.4, 0.5) is 0 Å². The normalized spacial score (nSPS) is 9.11. The zero-order chi connectivity index (χ0) is 19.4. The van der Waals surface area contributed by atoms with E-state index in [1.807, 2.05) is 0 Å². The molecule has 0 aliphatic rings. The van der Waals surface area contributed by atoms with Gasteiger partial charge in [-0.25, -0.2) is 0 Å². The summed E-state index contributed by atoms with van der Waals surface area (Å²) >= 11 is 0. The molecule has 3 rings (SSSR count). The summed E-state index contributed by atoms with van der Waals surface area (Å²) in [5.41, 5.74) is 8.06. The van der Waals surface area contributed by atoms with E-state index >= 15 is 0 Å². The van der Waals surface area contributed by atoms with Gasteiger partial charge in [0.25, 0.3) is 0 Å². The van der Waals surface area contributed by atoms with E-state index in [1.54, 1.807) is 0 Å². The highest BCUT2D eigenvalue weighted by molar-refractivity contribution is 5.29. The van der Waals surface area contributed by atoms with Crippen LogP contribution in [0.3, 0.4) is 0 Å². The molecule has 0 nitrogen and oxygen atoms in total. The van der Waals surface area contributed by atoms with Gasteiger partial charge in [-0.2, -0.15) is 0 Å². The maximum Gasteiger partial charge on any atom is -0.00258 e. The predicted octanol–water partition coefficient (Wildman–Crippen LogP) is 8.25. The van der Waals surface area contributed by atoms with Crippen LogP contribution in [0, 0.1) is 27.7 Å². The van der Waals surface area contributed by atoms with Crippen molar-refractivity contribution in [2.75, 3.05) is 0 Å². The molecule has 3 aromatic carbocycles. The fraction of sp³-hybridized carbons (Fsp3) is 0.333. The monoisotopic (exact) mass is 362 g/mol. The number of hydrogen-bond acceptors (Lipinski definition) is 0. The first kappa shape index (κ1) is 24.7. The number of rotatable bonds is 2. The quantitative estimate of drug-likeness (QED) is 0.430. The molecule has 0 saturated heterocycles. The summed E-state index contributed by atoms with van der Waals surface area (Å²) in [5, 5.41) is 0. The lowest BCUT2D eigenvalue weighted by Gasteiger charge is -2.03. The lowest BCUT2D eigenvalue weighted by atomic mass is 10.0. The zero-order valence-corrected chi connectivity index (χ0v) is 17.3. The SMILES string of the molecule is C.CCC.Cc1ccc(C)cc1.Cc1ccc(Cc2ccc(C)cc2)cc1. The van der Waals surface area contributed by atoms with E-state index in [-0.39, 0.29) is 7.43 Å². The van der Waals surface area contributed by atoms with Crippen molar-refractivity contribution in [3.8, 4) is 0 Å². The summed E-state index contributed by atoms with van der Waals surface area (Å²) in [7, 11) is 0. The molecule has 0 heteroatoms. The number of aryl methyl sites for hydroxylation is 4. The van der Waals surface area contributed by atoms with E-state index in [1.165, 1.54) is 39.8 Å². The van der Waals surface area contributed by atoms with Crippen molar-refractivity contribution < 1.29 is 0 Å². The van der Waals surface area contributed by atoms with Crippen LogP contribution >= 0.6 is 0 Å². The molecule has 3 aromatic rings. The molecule has 0 bridgehead atoms. The van der Waals surface area contributed by atoms with Gasteiger partial charge in [0.15, 0.2) is 0 Å². The van der Waals surface area contributed by atoms with E-state index in [9.17, 15) is 0 Å². The highest BCUT2D eigenvalue weighted by atomic mass is 14.0. The van der Waals surface area contributed by atoms with Gasteiger partial charge < -0.3 is 0 Å². The van der Waals surface area contributed by atoms with Crippen molar-refractivity contribution >= 4 is 0 Å². The fourth-order valence-electron chi connectivity index (χ4n) is 2.28.